The molecule has 0 spiro atoms. The van der Waals surface area contributed by atoms with Gasteiger partial charge in [0.1, 0.15) is 0 Å². The van der Waals surface area contributed by atoms with Gasteiger partial charge in [0, 0.05) is 0 Å². The van der Waals surface area contributed by atoms with Gasteiger partial charge in [0.2, 0.25) is 0 Å². The van der Waals surface area contributed by atoms with Crippen molar-refractivity contribution >= 4 is 29.0 Å². The van der Waals surface area contributed by atoms with Crippen LogP contribution < -0.4 is 0 Å². The molecular formula is C16H20N2O2S. The average molecular weight is 304 g/mol. The van der Waals surface area contributed by atoms with E-state index in [1.165, 1.54) is 10.5 Å². The molecule has 1 fully saturated rings. The van der Waals surface area contributed by atoms with E-state index in [0.29, 0.717) is 11.6 Å². The van der Waals surface area contributed by atoms with Crippen molar-refractivity contribution < 1.29 is 9.59 Å². The summed E-state index contributed by atoms with van der Waals surface area (Å²) in [4.78, 5) is 28.2. The second-order valence-corrected chi connectivity index (χ2v) is 5.96. The van der Waals surface area contributed by atoms with E-state index in [0.717, 1.165) is 30.4 Å². The van der Waals surface area contributed by atoms with Crippen molar-refractivity contribution in [2.24, 2.45) is 0 Å². The minimum atomic E-state index is -0.197. The maximum absolute atomic E-state index is 12.3. The lowest BCUT2D eigenvalue weighted by atomic mass is 10.1. The lowest BCUT2D eigenvalue weighted by Gasteiger charge is -2.23. The molecule has 0 saturated carbocycles. The van der Waals surface area contributed by atoms with E-state index in [2.05, 4.69) is 0 Å². The quantitative estimate of drug-likeness (QED) is 0.782. The predicted molar refractivity (Wildman–Crippen MR) is 86.8 cm³/mol. The molecule has 0 aromatic heterocycles. The Bertz CT molecular complexity index is 562. The molecule has 1 saturated heterocycles. The van der Waals surface area contributed by atoms with Crippen LogP contribution in [0, 0.1) is 6.92 Å². The van der Waals surface area contributed by atoms with Crippen molar-refractivity contribution in [3.63, 3.8) is 0 Å². The fraction of sp³-hybridized carbons (Fsp3) is 0.375. The molecule has 0 unspecified atom stereocenters. The normalized spacial score (nSPS) is 17.3. The molecule has 21 heavy (non-hydrogen) atoms. The predicted octanol–water partition coefficient (Wildman–Crippen LogP) is 3.33. The first-order valence-corrected chi connectivity index (χ1v) is 7.91. The zero-order valence-corrected chi connectivity index (χ0v) is 13.4. The zero-order chi connectivity index (χ0) is 15.4. The van der Waals surface area contributed by atoms with Gasteiger partial charge in [-0.2, -0.15) is 0 Å². The first kappa shape index (κ1) is 15.8. The Balaban J connectivity index is 2.15. The van der Waals surface area contributed by atoms with Crippen LogP contribution in [0.5, 0.6) is 0 Å². The second kappa shape index (κ2) is 6.91. The minimum absolute atomic E-state index is 0.190. The summed E-state index contributed by atoms with van der Waals surface area (Å²) in [6.45, 7) is 8.05. The van der Waals surface area contributed by atoms with E-state index in [4.69, 9.17) is 0 Å². The molecule has 0 bridgehead atoms. The number of carbonyl (C=O) groups is 2. The van der Waals surface area contributed by atoms with Gasteiger partial charge < -0.3 is 0 Å². The third kappa shape index (κ3) is 3.74. The van der Waals surface area contributed by atoms with Crippen molar-refractivity contribution in [2.75, 3.05) is 19.8 Å². The third-order valence-electron chi connectivity index (χ3n) is 3.48. The number of hydrogen-bond acceptors (Lipinski definition) is 4. The van der Waals surface area contributed by atoms with Crippen LogP contribution in [0.3, 0.4) is 0 Å². The fourth-order valence-electron chi connectivity index (χ4n) is 2.06. The molecular weight excluding hydrogens is 284 g/mol. The minimum Gasteiger partial charge on any atom is -0.286 e. The number of imide groups is 1. The molecule has 1 aromatic rings. The highest BCUT2D eigenvalue weighted by atomic mass is 32.2. The highest BCUT2D eigenvalue weighted by Gasteiger charge is 2.35. The molecule has 0 aliphatic carbocycles. The van der Waals surface area contributed by atoms with E-state index in [9.17, 15) is 9.59 Å². The van der Waals surface area contributed by atoms with Gasteiger partial charge in [-0.25, -0.2) is 0 Å². The Morgan fingerprint density at radius 3 is 2.33 bits per heavy atom. The second-order valence-electron chi connectivity index (χ2n) is 4.97. The molecule has 1 aliphatic heterocycles. The van der Waals surface area contributed by atoms with Gasteiger partial charge in [0.05, 0.1) is 11.6 Å². The molecule has 2 rings (SSSR count). The summed E-state index contributed by atoms with van der Waals surface area (Å²) in [5.41, 5.74) is 2.11. The highest BCUT2D eigenvalue weighted by molar-refractivity contribution is 8.18. The van der Waals surface area contributed by atoms with Gasteiger partial charge in [-0.1, -0.05) is 43.7 Å². The maximum atomic E-state index is 12.3. The number of amides is 2. The van der Waals surface area contributed by atoms with Gasteiger partial charge in [-0.05, 0) is 43.4 Å². The summed E-state index contributed by atoms with van der Waals surface area (Å²) in [5.74, 6) is -0.197. The van der Waals surface area contributed by atoms with E-state index in [1.54, 1.807) is 6.08 Å². The van der Waals surface area contributed by atoms with Crippen molar-refractivity contribution in [1.82, 2.24) is 9.80 Å². The van der Waals surface area contributed by atoms with Crippen molar-refractivity contribution in [3.05, 3.63) is 40.3 Å². The molecule has 4 nitrogen and oxygen atoms in total. The van der Waals surface area contributed by atoms with Gasteiger partial charge in [-0.15, -0.1) is 0 Å². The lowest BCUT2D eigenvalue weighted by Crippen LogP contribution is -2.40. The van der Waals surface area contributed by atoms with E-state index >= 15 is 0 Å². The van der Waals surface area contributed by atoms with Crippen LogP contribution in [-0.2, 0) is 4.79 Å². The molecule has 112 valence electrons. The SMILES string of the molecule is CCN(CC)CN1C(=O)S/C(=C/c2ccc(C)cc2)C1=O. The fourth-order valence-corrected chi connectivity index (χ4v) is 2.89. The molecule has 0 radical (unpaired) electrons. The molecule has 0 N–H and O–H groups in total. The topological polar surface area (TPSA) is 40.6 Å². The van der Waals surface area contributed by atoms with Crippen molar-refractivity contribution in [1.29, 1.82) is 0 Å². The number of carbonyl (C=O) groups excluding carboxylic acids is 2. The Labute approximate surface area is 129 Å². The first-order chi connectivity index (χ1) is 10.0. The van der Waals surface area contributed by atoms with Gasteiger partial charge >= 0.3 is 0 Å². The lowest BCUT2D eigenvalue weighted by molar-refractivity contribution is -0.124. The van der Waals surface area contributed by atoms with Crippen LogP contribution in [0.25, 0.3) is 6.08 Å². The third-order valence-corrected chi connectivity index (χ3v) is 4.39. The molecule has 1 heterocycles. The Morgan fingerprint density at radius 1 is 1.14 bits per heavy atom. The Kier molecular flexibility index (Phi) is 5.20. The van der Waals surface area contributed by atoms with Gasteiger partial charge in [0.15, 0.2) is 0 Å². The van der Waals surface area contributed by atoms with E-state index < -0.39 is 0 Å². The monoisotopic (exact) mass is 304 g/mol. The van der Waals surface area contributed by atoms with E-state index in [1.807, 2.05) is 49.9 Å². The summed E-state index contributed by atoms with van der Waals surface area (Å²) in [5, 5.41) is -0.190. The van der Waals surface area contributed by atoms with Crippen LogP contribution in [0.15, 0.2) is 29.2 Å². The van der Waals surface area contributed by atoms with Crippen LogP contribution in [0.4, 0.5) is 4.79 Å². The molecule has 0 atom stereocenters. The number of hydrogen-bond donors (Lipinski definition) is 0. The van der Waals surface area contributed by atoms with E-state index in [-0.39, 0.29) is 11.1 Å². The standard InChI is InChI=1S/C16H20N2O2S/c1-4-17(5-2)11-18-15(19)14(21-16(18)20)10-13-8-6-12(3)7-9-13/h6-10H,4-5,11H2,1-3H3/b14-10+. The summed E-state index contributed by atoms with van der Waals surface area (Å²) in [6.07, 6.45) is 1.78. The maximum Gasteiger partial charge on any atom is 0.294 e. The molecule has 2 amide bonds. The Morgan fingerprint density at radius 2 is 1.76 bits per heavy atom. The van der Waals surface area contributed by atoms with Crippen LogP contribution in [0.1, 0.15) is 25.0 Å². The smallest absolute Gasteiger partial charge is 0.286 e. The zero-order valence-electron chi connectivity index (χ0n) is 12.6. The number of aryl methyl sites for hydroxylation is 1. The van der Waals surface area contributed by atoms with Crippen LogP contribution in [-0.4, -0.2) is 40.7 Å². The van der Waals surface area contributed by atoms with Gasteiger partial charge in [0.25, 0.3) is 11.1 Å². The highest BCUT2D eigenvalue weighted by Crippen LogP contribution is 2.32. The van der Waals surface area contributed by atoms with Gasteiger partial charge in [-0.3, -0.25) is 19.4 Å². The first-order valence-electron chi connectivity index (χ1n) is 7.09. The van der Waals surface area contributed by atoms with Crippen LogP contribution >= 0.6 is 11.8 Å². The summed E-state index contributed by atoms with van der Waals surface area (Å²) >= 11 is 1.02. The molecule has 1 aliphatic rings. The van der Waals surface area contributed by atoms with Crippen molar-refractivity contribution in [2.45, 2.75) is 20.8 Å². The number of thioether (sulfide) groups is 1. The summed E-state index contributed by atoms with van der Waals surface area (Å²) < 4.78 is 0. The summed E-state index contributed by atoms with van der Waals surface area (Å²) in [6, 6.07) is 7.89. The largest absolute Gasteiger partial charge is 0.294 e. The molecule has 1 aromatic carbocycles. The number of benzene rings is 1. The Hall–Kier alpha value is -1.59. The average Bonchev–Trinajstić information content (AvgIpc) is 2.74. The number of rotatable bonds is 5. The number of nitrogens with zero attached hydrogens (tertiary/aromatic N) is 2. The van der Waals surface area contributed by atoms with Crippen LogP contribution in [0.2, 0.25) is 0 Å². The van der Waals surface area contributed by atoms with Crippen molar-refractivity contribution in [3.8, 4) is 0 Å². The molecule has 5 heteroatoms. The summed E-state index contributed by atoms with van der Waals surface area (Å²) in [7, 11) is 0.